The van der Waals surface area contributed by atoms with Crippen LogP contribution in [0.1, 0.15) is 41.9 Å². The SMILES string of the molecule is COc1ccc(C2CC(C(=O)NCc3cccc(C)c3)CN(C(=O)C3CC3)C2)cc1OC. The van der Waals surface area contributed by atoms with Crippen molar-refractivity contribution >= 4 is 11.8 Å². The fourth-order valence-electron chi connectivity index (χ4n) is 4.56. The number of carbonyl (C=O) groups excluding carboxylic acids is 2. The predicted molar refractivity (Wildman–Crippen MR) is 123 cm³/mol. The maximum Gasteiger partial charge on any atom is 0.225 e. The molecule has 170 valence electrons. The van der Waals surface area contributed by atoms with E-state index in [4.69, 9.17) is 9.47 Å². The van der Waals surface area contributed by atoms with Crippen LogP contribution in [0.25, 0.3) is 0 Å². The van der Waals surface area contributed by atoms with Crippen LogP contribution in [-0.4, -0.2) is 44.0 Å². The first-order valence-electron chi connectivity index (χ1n) is 11.3. The number of rotatable bonds is 7. The minimum atomic E-state index is -0.241. The molecule has 2 aliphatic rings. The number of hydrogen-bond acceptors (Lipinski definition) is 4. The molecule has 0 radical (unpaired) electrons. The van der Waals surface area contributed by atoms with Crippen LogP contribution in [-0.2, 0) is 16.1 Å². The molecular formula is C26H32N2O4. The smallest absolute Gasteiger partial charge is 0.225 e. The monoisotopic (exact) mass is 436 g/mol. The van der Waals surface area contributed by atoms with Crippen LogP contribution in [0.2, 0.25) is 0 Å². The summed E-state index contributed by atoms with van der Waals surface area (Å²) >= 11 is 0. The summed E-state index contributed by atoms with van der Waals surface area (Å²) in [5, 5.41) is 3.09. The summed E-state index contributed by atoms with van der Waals surface area (Å²) < 4.78 is 10.8. The molecule has 2 unspecified atom stereocenters. The molecule has 1 N–H and O–H groups in total. The van der Waals surface area contributed by atoms with E-state index in [0.29, 0.717) is 37.6 Å². The molecule has 32 heavy (non-hydrogen) atoms. The minimum absolute atomic E-state index is 0.00489. The van der Waals surface area contributed by atoms with Crippen molar-refractivity contribution in [3.8, 4) is 11.5 Å². The lowest BCUT2D eigenvalue weighted by molar-refractivity contribution is -0.137. The maximum absolute atomic E-state index is 13.1. The van der Waals surface area contributed by atoms with E-state index in [9.17, 15) is 9.59 Å². The molecule has 1 aliphatic carbocycles. The van der Waals surface area contributed by atoms with Crippen molar-refractivity contribution in [3.63, 3.8) is 0 Å². The van der Waals surface area contributed by atoms with E-state index in [2.05, 4.69) is 11.4 Å². The Morgan fingerprint density at radius 1 is 1.00 bits per heavy atom. The summed E-state index contributed by atoms with van der Waals surface area (Å²) in [7, 11) is 3.23. The van der Waals surface area contributed by atoms with Crippen molar-refractivity contribution in [2.24, 2.45) is 11.8 Å². The van der Waals surface area contributed by atoms with Crippen LogP contribution in [0.3, 0.4) is 0 Å². The van der Waals surface area contributed by atoms with Gasteiger partial charge in [-0.05, 0) is 49.4 Å². The van der Waals surface area contributed by atoms with Crippen LogP contribution < -0.4 is 14.8 Å². The Hall–Kier alpha value is -3.02. The van der Waals surface area contributed by atoms with E-state index in [1.54, 1.807) is 14.2 Å². The molecule has 0 spiro atoms. The average Bonchev–Trinajstić information content (AvgIpc) is 3.67. The third-order valence-corrected chi connectivity index (χ3v) is 6.49. The molecule has 1 saturated carbocycles. The van der Waals surface area contributed by atoms with Gasteiger partial charge in [-0.15, -0.1) is 0 Å². The van der Waals surface area contributed by atoms with E-state index in [0.717, 1.165) is 24.0 Å². The molecule has 2 aromatic carbocycles. The first kappa shape index (κ1) is 22.2. The lowest BCUT2D eigenvalue weighted by Gasteiger charge is -2.37. The maximum atomic E-state index is 13.1. The van der Waals surface area contributed by atoms with E-state index < -0.39 is 0 Å². The second-order valence-corrected chi connectivity index (χ2v) is 8.97. The Labute approximate surface area is 189 Å². The topological polar surface area (TPSA) is 67.9 Å². The van der Waals surface area contributed by atoms with Crippen LogP contribution in [0.15, 0.2) is 42.5 Å². The molecule has 2 fully saturated rings. The van der Waals surface area contributed by atoms with Crippen LogP contribution in [0.5, 0.6) is 11.5 Å². The fraction of sp³-hybridized carbons (Fsp3) is 0.462. The lowest BCUT2D eigenvalue weighted by atomic mass is 9.83. The summed E-state index contributed by atoms with van der Waals surface area (Å²) in [5.74, 6) is 1.49. The van der Waals surface area contributed by atoms with Gasteiger partial charge in [0.05, 0.1) is 20.1 Å². The van der Waals surface area contributed by atoms with E-state index in [1.165, 1.54) is 5.56 Å². The van der Waals surface area contributed by atoms with E-state index >= 15 is 0 Å². The second-order valence-electron chi connectivity index (χ2n) is 8.97. The average molecular weight is 437 g/mol. The van der Waals surface area contributed by atoms with Gasteiger partial charge in [-0.3, -0.25) is 9.59 Å². The largest absolute Gasteiger partial charge is 0.493 e. The van der Waals surface area contributed by atoms with Crippen molar-refractivity contribution in [1.82, 2.24) is 10.2 Å². The fourth-order valence-corrected chi connectivity index (χ4v) is 4.56. The number of likely N-dealkylation sites (tertiary alicyclic amines) is 1. The predicted octanol–water partition coefficient (Wildman–Crippen LogP) is 3.67. The zero-order chi connectivity index (χ0) is 22.7. The Morgan fingerprint density at radius 2 is 1.78 bits per heavy atom. The molecule has 2 atom stereocenters. The number of methoxy groups -OCH3 is 2. The van der Waals surface area contributed by atoms with Gasteiger partial charge in [-0.2, -0.15) is 0 Å². The van der Waals surface area contributed by atoms with Gasteiger partial charge in [0, 0.05) is 31.5 Å². The third kappa shape index (κ3) is 5.06. The van der Waals surface area contributed by atoms with Gasteiger partial charge in [-0.1, -0.05) is 35.9 Å². The quantitative estimate of drug-likeness (QED) is 0.719. The standard InChI is InChI=1S/C26H32N2O4/c1-17-5-4-6-18(11-17)14-27-25(29)22-12-21(15-28(16-22)26(30)19-7-8-19)20-9-10-23(31-2)24(13-20)32-3/h4-6,9-11,13,19,21-22H,7-8,12,14-16H2,1-3H3,(H,27,29). The van der Waals surface area contributed by atoms with Gasteiger partial charge in [-0.25, -0.2) is 0 Å². The number of hydrogen-bond donors (Lipinski definition) is 1. The molecule has 1 aliphatic heterocycles. The molecule has 6 nitrogen and oxygen atoms in total. The van der Waals surface area contributed by atoms with E-state index in [1.807, 2.05) is 48.2 Å². The highest BCUT2D eigenvalue weighted by Gasteiger charge is 2.39. The molecule has 1 saturated heterocycles. The number of benzene rings is 2. The highest BCUT2D eigenvalue weighted by Crippen LogP contribution is 2.38. The summed E-state index contributed by atoms with van der Waals surface area (Å²) in [6.07, 6.45) is 2.62. The molecule has 2 amide bonds. The normalized spacial score (nSPS) is 20.5. The molecule has 0 bridgehead atoms. The van der Waals surface area contributed by atoms with Crippen molar-refractivity contribution in [1.29, 1.82) is 0 Å². The van der Waals surface area contributed by atoms with Gasteiger partial charge in [0.15, 0.2) is 11.5 Å². The highest BCUT2D eigenvalue weighted by molar-refractivity contribution is 5.83. The number of amides is 2. The van der Waals surface area contributed by atoms with Crippen molar-refractivity contribution in [2.75, 3.05) is 27.3 Å². The van der Waals surface area contributed by atoms with Crippen LogP contribution in [0, 0.1) is 18.8 Å². The summed E-state index contributed by atoms with van der Waals surface area (Å²) in [5.41, 5.74) is 3.31. The molecule has 1 heterocycles. The van der Waals surface area contributed by atoms with Crippen LogP contribution in [0.4, 0.5) is 0 Å². The number of ether oxygens (including phenoxy) is 2. The number of piperidine rings is 1. The van der Waals surface area contributed by atoms with Crippen LogP contribution >= 0.6 is 0 Å². The summed E-state index contributed by atoms with van der Waals surface area (Å²) in [6.45, 7) is 3.65. The Balaban J connectivity index is 1.51. The van der Waals surface area contributed by atoms with Gasteiger partial charge in [0.2, 0.25) is 11.8 Å². The minimum Gasteiger partial charge on any atom is -0.493 e. The first-order valence-corrected chi connectivity index (χ1v) is 11.3. The molecule has 4 rings (SSSR count). The van der Waals surface area contributed by atoms with Crippen molar-refractivity contribution < 1.29 is 19.1 Å². The van der Waals surface area contributed by atoms with Gasteiger partial charge < -0.3 is 19.7 Å². The third-order valence-electron chi connectivity index (χ3n) is 6.49. The van der Waals surface area contributed by atoms with Gasteiger partial charge in [0.1, 0.15) is 0 Å². The molecule has 2 aromatic rings. The van der Waals surface area contributed by atoms with Crippen molar-refractivity contribution in [3.05, 3.63) is 59.2 Å². The Bertz CT molecular complexity index is 986. The molecule has 0 aromatic heterocycles. The first-order chi connectivity index (χ1) is 15.5. The van der Waals surface area contributed by atoms with Crippen molar-refractivity contribution in [2.45, 2.75) is 38.6 Å². The number of carbonyl (C=O) groups is 2. The lowest BCUT2D eigenvalue weighted by Crippen LogP contribution is -2.48. The number of nitrogens with zero attached hydrogens (tertiary/aromatic N) is 1. The van der Waals surface area contributed by atoms with Gasteiger partial charge in [0.25, 0.3) is 0 Å². The second kappa shape index (κ2) is 9.63. The van der Waals surface area contributed by atoms with E-state index in [-0.39, 0.29) is 29.6 Å². The number of nitrogens with one attached hydrogen (secondary N) is 1. The summed E-state index contributed by atoms with van der Waals surface area (Å²) in [6, 6.07) is 14.0. The Morgan fingerprint density at radius 3 is 2.47 bits per heavy atom. The molecule has 6 heteroatoms. The Kier molecular flexibility index (Phi) is 6.68. The highest BCUT2D eigenvalue weighted by atomic mass is 16.5. The van der Waals surface area contributed by atoms with Gasteiger partial charge >= 0.3 is 0 Å². The summed E-state index contributed by atoms with van der Waals surface area (Å²) in [4.78, 5) is 27.9. The zero-order valence-electron chi connectivity index (χ0n) is 19.1. The molecular weight excluding hydrogens is 404 g/mol. The zero-order valence-corrected chi connectivity index (χ0v) is 19.1. The number of aryl methyl sites for hydroxylation is 1.